The third-order valence-corrected chi connectivity index (χ3v) is 4.25. The van der Waals surface area contributed by atoms with Crippen LogP contribution in [0.25, 0.3) is 0 Å². The van der Waals surface area contributed by atoms with E-state index in [0.29, 0.717) is 24.1 Å². The lowest BCUT2D eigenvalue weighted by Crippen LogP contribution is -2.21. The molecule has 1 rings (SSSR count). The highest BCUT2D eigenvalue weighted by atomic mass is 35.5. The third-order valence-electron chi connectivity index (χ3n) is 2.46. The van der Waals surface area contributed by atoms with Crippen LogP contribution >= 0.6 is 11.6 Å². The van der Waals surface area contributed by atoms with Gasteiger partial charge in [0, 0.05) is 11.8 Å². The first kappa shape index (κ1) is 17.0. The van der Waals surface area contributed by atoms with Crippen LogP contribution in [0.4, 0.5) is 4.39 Å². The normalized spacial score (nSPS) is 14.2. The number of halogens is 2. The minimum absolute atomic E-state index is 0.0961. The van der Waals surface area contributed by atoms with E-state index < -0.39 is 21.7 Å². The number of pyridine rings is 1. The summed E-state index contributed by atoms with van der Waals surface area (Å²) in [5.41, 5.74) is 0.933. The highest BCUT2D eigenvalue weighted by molar-refractivity contribution is 7.85. The van der Waals surface area contributed by atoms with Crippen LogP contribution < -0.4 is 0 Å². The Hall–Kier alpha value is -1.07. The van der Waals surface area contributed by atoms with Gasteiger partial charge in [0.1, 0.15) is 16.0 Å². The Labute approximate surface area is 126 Å². The average Bonchev–Trinajstić information content (AvgIpc) is 2.36. The Morgan fingerprint density at radius 2 is 2.25 bits per heavy atom. The summed E-state index contributed by atoms with van der Waals surface area (Å²) in [6.45, 7) is 9.12. The second-order valence-electron chi connectivity index (χ2n) is 5.19. The van der Waals surface area contributed by atoms with Gasteiger partial charge in [0.15, 0.2) is 0 Å². The molecule has 0 aromatic carbocycles. The molecule has 0 saturated heterocycles. The van der Waals surface area contributed by atoms with Crippen LogP contribution in [0.15, 0.2) is 29.3 Å². The molecule has 20 heavy (non-hydrogen) atoms. The van der Waals surface area contributed by atoms with Crippen LogP contribution in [0.1, 0.15) is 39.2 Å². The molecule has 0 saturated carbocycles. The van der Waals surface area contributed by atoms with Crippen LogP contribution in [0.5, 0.6) is 0 Å². The molecule has 0 N–H and O–H groups in total. The van der Waals surface area contributed by atoms with Crippen LogP contribution in [0.3, 0.4) is 0 Å². The van der Waals surface area contributed by atoms with Crippen molar-refractivity contribution >= 4 is 28.3 Å². The Bertz CT molecular complexity index is 553. The maximum absolute atomic E-state index is 13.4. The molecule has 0 aliphatic rings. The summed E-state index contributed by atoms with van der Waals surface area (Å²) in [5.74, 6) is -0.753. The standard InChI is InChI=1S/C14H18ClFN2OS/c1-5-6-7-11(18-20(19)14(2,3)4)10-8-9-17-13(16)12(10)15/h5,8-9H,1,6-7H2,2-4H3. The van der Waals surface area contributed by atoms with Gasteiger partial charge in [-0.1, -0.05) is 17.7 Å². The second kappa shape index (κ2) is 7.09. The number of aromatic nitrogens is 1. The van der Waals surface area contributed by atoms with E-state index in [0.717, 1.165) is 0 Å². The summed E-state index contributed by atoms with van der Waals surface area (Å²) in [6, 6.07) is 1.58. The van der Waals surface area contributed by atoms with Crippen molar-refractivity contribution in [3.63, 3.8) is 0 Å². The van der Waals surface area contributed by atoms with Crippen molar-refractivity contribution in [2.45, 2.75) is 38.4 Å². The van der Waals surface area contributed by atoms with Crippen LogP contribution in [-0.4, -0.2) is 19.7 Å². The van der Waals surface area contributed by atoms with Gasteiger partial charge in [0.2, 0.25) is 5.95 Å². The van der Waals surface area contributed by atoms with E-state index in [-0.39, 0.29) is 5.02 Å². The smallest absolute Gasteiger partial charge is 0.232 e. The predicted octanol–water partition coefficient (Wildman–Crippen LogP) is 4.09. The minimum Gasteiger partial charge on any atom is -0.234 e. The van der Waals surface area contributed by atoms with Crippen molar-refractivity contribution in [2.24, 2.45) is 4.40 Å². The molecule has 1 heterocycles. The Morgan fingerprint density at radius 3 is 2.80 bits per heavy atom. The lowest BCUT2D eigenvalue weighted by molar-refractivity contribution is 0.584. The quantitative estimate of drug-likeness (QED) is 0.466. The first-order valence-corrected chi connectivity index (χ1v) is 7.66. The fraction of sp³-hybridized carbons (Fsp3) is 0.429. The van der Waals surface area contributed by atoms with Crippen LogP contribution in [0.2, 0.25) is 5.02 Å². The summed E-state index contributed by atoms with van der Waals surface area (Å²) < 4.78 is 29.3. The Kier molecular flexibility index (Phi) is 6.02. The largest absolute Gasteiger partial charge is 0.234 e. The second-order valence-corrected chi connectivity index (χ2v) is 7.47. The summed E-state index contributed by atoms with van der Waals surface area (Å²) in [7, 11) is -1.43. The minimum atomic E-state index is -1.43. The van der Waals surface area contributed by atoms with E-state index in [1.807, 2.05) is 20.8 Å². The van der Waals surface area contributed by atoms with Gasteiger partial charge < -0.3 is 0 Å². The van der Waals surface area contributed by atoms with E-state index in [2.05, 4.69) is 16.0 Å². The van der Waals surface area contributed by atoms with Gasteiger partial charge in [-0.05, 0) is 39.7 Å². The number of rotatable bonds is 5. The van der Waals surface area contributed by atoms with Gasteiger partial charge in [-0.25, -0.2) is 9.19 Å². The maximum Gasteiger partial charge on any atom is 0.232 e. The molecule has 6 heteroatoms. The summed E-state index contributed by atoms with van der Waals surface area (Å²) in [4.78, 5) is 3.48. The van der Waals surface area contributed by atoms with Crippen molar-refractivity contribution in [2.75, 3.05) is 0 Å². The maximum atomic E-state index is 13.4. The van der Waals surface area contributed by atoms with Crippen LogP contribution in [-0.2, 0) is 11.0 Å². The fourth-order valence-electron chi connectivity index (χ4n) is 1.35. The molecule has 0 amide bonds. The molecule has 0 bridgehead atoms. The molecule has 0 spiro atoms. The van der Waals surface area contributed by atoms with Gasteiger partial charge in [-0.15, -0.1) is 6.58 Å². The summed E-state index contributed by atoms with van der Waals surface area (Å²) in [5, 5.41) is -0.0961. The molecular weight excluding hydrogens is 299 g/mol. The van der Waals surface area contributed by atoms with Gasteiger partial charge in [0.05, 0.1) is 10.5 Å². The van der Waals surface area contributed by atoms with Crippen molar-refractivity contribution in [1.82, 2.24) is 4.98 Å². The average molecular weight is 317 g/mol. The molecule has 1 atom stereocenters. The zero-order valence-electron chi connectivity index (χ0n) is 11.8. The highest BCUT2D eigenvalue weighted by Crippen LogP contribution is 2.22. The monoisotopic (exact) mass is 316 g/mol. The third kappa shape index (κ3) is 4.49. The van der Waals surface area contributed by atoms with Gasteiger partial charge in [-0.3, -0.25) is 0 Å². The number of hydrogen-bond acceptors (Lipinski definition) is 2. The zero-order chi connectivity index (χ0) is 15.3. The Balaban J connectivity index is 3.25. The first-order valence-electron chi connectivity index (χ1n) is 6.18. The number of nitrogens with zero attached hydrogens (tertiary/aromatic N) is 2. The number of hydrogen-bond donors (Lipinski definition) is 0. The molecule has 1 aromatic rings. The topological polar surface area (TPSA) is 42.3 Å². The van der Waals surface area contributed by atoms with Gasteiger partial charge in [-0.2, -0.15) is 8.79 Å². The van der Waals surface area contributed by atoms with E-state index in [1.165, 1.54) is 6.20 Å². The molecule has 0 aliphatic carbocycles. The van der Waals surface area contributed by atoms with E-state index >= 15 is 0 Å². The van der Waals surface area contributed by atoms with Crippen molar-refractivity contribution in [3.05, 3.63) is 41.5 Å². The van der Waals surface area contributed by atoms with Gasteiger partial charge >= 0.3 is 0 Å². The number of allylic oxidation sites excluding steroid dienone is 1. The van der Waals surface area contributed by atoms with Crippen molar-refractivity contribution < 1.29 is 8.60 Å². The predicted molar refractivity (Wildman–Crippen MR) is 83.1 cm³/mol. The molecule has 1 aromatic heterocycles. The SMILES string of the molecule is C=CCCC(=NS(=O)C(C)(C)C)c1ccnc(F)c1Cl. The lowest BCUT2D eigenvalue weighted by atomic mass is 10.1. The molecular formula is C14H18ClFN2OS. The summed E-state index contributed by atoms with van der Waals surface area (Å²) in [6.07, 6.45) is 4.18. The summed E-state index contributed by atoms with van der Waals surface area (Å²) >= 11 is 5.92. The van der Waals surface area contributed by atoms with Crippen molar-refractivity contribution in [3.8, 4) is 0 Å². The van der Waals surface area contributed by atoms with E-state index in [9.17, 15) is 8.60 Å². The van der Waals surface area contributed by atoms with Crippen molar-refractivity contribution in [1.29, 1.82) is 0 Å². The Morgan fingerprint density at radius 1 is 1.60 bits per heavy atom. The highest BCUT2D eigenvalue weighted by Gasteiger charge is 2.21. The van der Waals surface area contributed by atoms with E-state index in [4.69, 9.17) is 11.6 Å². The van der Waals surface area contributed by atoms with Gasteiger partial charge in [0.25, 0.3) is 0 Å². The fourth-order valence-corrected chi connectivity index (χ4v) is 2.23. The molecule has 0 radical (unpaired) electrons. The first-order chi connectivity index (χ1) is 9.27. The molecule has 0 aliphatic heterocycles. The van der Waals surface area contributed by atoms with Crippen LogP contribution in [0, 0.1) is 5.95 Å². The molecule has 0 fully saturated rings. The van der Waals surface area contributed by atoms with E-state index in [1.54, 1.807) is 12.1 Å². The molecule has 3 nitrogen and oxygen atoms in total. The molecule has 110 valence electrons. The lowest BCUT2D eigenvalue weighted by Gasteiger charge is -2.15. The zero-order valence-corrected chi connectivity index (χ0v) is 13.4. The molecule has 1 unspecified atom stereocenters.